The summed E-state index contributed by atoms with van der Waals surface area (Å²) in [7, 11) is 1.72. The average molecular weight is 226 g/mol. The number of aromatic nitrogens is 4. The molecule has 0 unspecified atom stereocenters. The van der Waals surface area contributed by atoms with Gasteiger partial charge in [-0.3, -0.25) is 4.57 Å². The summed E-state index contributed by atoms with van der Waals surface area (Å²) >= 11 is 0. The second-order valence-electron chi connectivity index (χ2n) is 3.74. The van der Waals surface area contributed by atoms with E-state index in [1.54, 1.807) is 22.4 Å². The van der Waals surface area contributed by atoms with Crippen molar-refractivity contribution in [2.24, 2.45) is 7.05 Å². The highest BCUT2D eigenvalue weighted by Gasteiger charge is 2.12. The molecule has 0 aliphatic rings. The van der Waals surface area contributed by atoms with Crippen molar-refractivity contribution in [1.82, 2.24) is 19.1 Å². The minimum atomic E-state index is -0.119. The van der Waals surface area contributed by atoms with Crippen LogP contribution in [0.1, 0.15) is 0 Å². The van der Waals surface area contributed by atoms with Gasteiger partial charge in [-0.25, -0.2) is 19.3 Å². The number of aryl methyl sites for hydroxylation is 1. The Morgan fingerprint density at radius 1 is 1.18 bits per heavy atom. The molecule has 0 spiro atoms. The van der Waals surface area contributed by atoms with Crippen molar-refractivity contribution in [1.29, 1.82) is 0 Å². The number of nitrogens with zero attached hydrogens (tertiary/aromatic N) is 4. The highest BCUT2D eigenvalue weighted by atomic mass is 16.1. The Morgan fingerprint density at radius 2 is 1.94 bits per heavy atom. The Labute approximate surface area is 97.0 Å². The fraction of sp³-hybridized carbons (Fsp3) is 0.0833. The van der Waals surface area contributed by atoms with E-state index in [9.17, 15) is 4.79 Å². The lowest BCUT2D eigenvalue weighted by Crippen LogP contribution is -2.20. The smallest absolute Gasteiger partial charge is 0.292 e. The van der Waals surface area contributed by atoms with Gasteiger partial charge in [0.1, 0.15) is 11.8 Å². The first-order valence-corrected chi connectivity index (χ1v) is 5.22. The van der Waals surface area contributed by atoms with E-state index in [0.29, 0.717) is 5.65 Å². The van der Waals surface area contributed by atoms with Crippen molar-refractivity contribution in [3.63, 3.8) is 0 Å². The molecule has 0 aliphatic heterocycles. The highest BCUT2D eigenvalue weighted by Crippen LogP contribution is 2.12. The van der Waals surface area contributed by atoms with Gasteiger partial charge in [-0.05, 0) is 12.1 Å². The molecule has 0 atom stereocenters. The minimum absolute atomic E-state index is 0.119. The third kappa shape index (κ3) is 1.36. The molecule has 5 nitrogen and oxygen atoms in total. The van der Waals surface area contributed by atoms with Gasteiger partial charge in [0.25, 0.3) is 0 Å². The highest BCUT2D eigenvalue weighted by molar-refractivity contribution is 5.72. The van der Waals surface area contributed by atoms with E-state index in [1.807, 2.05) is 30.3 Å². The number of fused-ring (bicyclic) bond motifs is 1. The fourth-order valence-electron chi connectivity index (χ4n) is 1.88. The zero-order valence-electron chi connectivity index (χ0n) is 9.24. The molecule has 0 saturated carbocycles. The molecule has 3 rings (SSSR count). The van der Waals surface area contributed by atoms with Crippen molar-refractivity contribution >= 4 is 11.2 Å². The second-order valence-corrected chi connectivity index (χ2v) is 3.74. The van der Waals surface area contributed by atoms with E-state index in [1.165, 1.54) is 6.33 Å². The molecular formula is C12H10N4O. The first-order chi connectivity index (χ1) is 8.29. The van der Waals surface area contributed by atoms with Gasteiger partial charge in [-0.15, -0.1) is 0 Å². The quantitative estimate of drug-likeness (QED) is 0.624. The van der Waals surface area contributed by atoms with Crippen LogP contribution in [0.25, 0.3) is 16.9 Å². The van der Waals surface area contributed by atoms with Gasteiger partial charge in [0, 0.05) is 7.05 Å². The minimum Gasteiger partial charge on any atom is -0.292 e. The predicted molar refractivity (Wildman–Crippen MR) is 64.1 cm³/mol. The van der Waals surface area contributed by atoms with Crippen LogP contribution in [-0.2, 0) is 7.05 Å². The van der Waals surface area contributed by atoms with Crippen LogP contribution in [0.3, 0.4) is 0 Å². The zero-order valence-corrected chi connectivity index (χ0v) is 9.24. The van der Waals surface area contributed by atoms with Gasteiger partial charge in [0.05, 0.1) is 11.9 Å². The fourth-order valence-corrected chi connectivity index (χ4v) is 1.88. The summed E-state index contributed by atoms with van der Waals surface area (Å²) in [6.07, 6.45) is 3.09. The van der Waals surface area contributed by atoms with Crippen LogP contribution in [0.5, 0.6) is 0 Å². The molecule has 0 N–H and O–H groups in total. The molecule has 0 amide bonds. The first kappa shape index (κ1) is 9.77. The normalized spacial score (nSPS) is 10.9. The largest absolute Gasteiger partial charge is 0.334 e. The standard InChI is InChI=1S/C12H10N4O/c1-15-10-7-13-8-14-11(10)16(12(15)17)9-5-3-2-4-6-9/h2-8H,1H3. The second kappa shape index (κ2) is 3.55. The molecule has 0 aliphatic carbocycles. The molecule has 84 valence electrons. The van der Waals surface area contributed by atoms with Gasteiger partial charge in [0.2, 0.25) is 0 Å². The predicted octanol–water partition coefficient (Wildman–Crippen LogP) is 1.12. The Kier molecular flexibility index (Phi) is 2.04. The Hall–Kier alpha value is -2.43. The Balaban J connectivity index is 2.45. The summed E-state index contributed by atoms with van der Waals surface area (Å²) < 4.78 is 3.12. The lowest BCUT2D eigenvalue weighted by molar-refractivity contribution is 0.844. The third-order valence-corrected chi connectivity index (χ3v) is 2.74. The molecule has 0 bridgehead atoms. The molecule has 17 heavy (non-hydrogen) atoms. The lowest BCUT2D eigenvalue weighted by Gasteiger charge is -2.00. The maximum Gasteiger partial charge on any atom is 0.334 e. The van der Waals surface area contributed by atoms with Crippen LogP contribution >= 0.6 is 0 Å². The van der Waals surface area contributed by atoms with Crippen molar-refractivity contribution in [3.05, 3.63) is 53.3 Å². The molecule has 3 aromatic rings. The molecule has 0 radical (unpaired) electrons. The van der Waals surface area contributed by atoms with Crippen molar-refractivity contribution in [2.75, 3.05) is 0 Å². The summed E-state index contributed by atoms with van der Waals surface area (Å²) in [6, 6.07) is 9.45. The van der Waals surface area contributed by atoms with E-state index < -0.39 is 0 Å². The van der Waals surface area contributed by atoms with Gasteiger partial charge < -0.3 is 0 Å². The SMILES string of the molecule is Cn1c(=O)n(-c2ccccc2)c2ncncc21. The molecule has 2 heterocycles. The van der Waals surface area contributed by atoms with E-state index in [2.05, 4.69) is 9.97 Å². The van der Waals surface area contributed by atoms with Gasteiger partial charge >= 0.3 is 5.69 Å². The van der Waals surface area contributed by atoms with Crippen molar-refractivity contribution < 1.29 is 0 Å². The van der Waals surface area contributed by atoms with Crippen LogP contribution in [0.2, 0.25) is 0 Å². The van der Waals surface area contributed by atoms with E-state index in [0.717, 1.165) is 11.2 Å². The summed E-state index contributed by atoms with van der Waals surface area (Å²) in [5.74, 6) is 0. The Bertz CT molecular complexity index is 727. The topological polar surface area (TPSA) is 52.7 Å². The van der Waals surface area contributed by atoms with Crippen LogP contribution in [-0.4, -0.2) is 19.1 Å². The molecule has 0 saturated heterocycles. The van der Waals surface area contributed by atoms with Gasteiger partial charge in [-0.1, -0.05) is 18.2 Å². The number of para-hydroxylation sites is 1. The number of hydrogen-bond acceptors (Lipinski definition) is 3. The number of imidazole rings is 1. The van der Waals surface area contributed by atoms with Crippen LogP contribution in [0, 0.1) is 0 Å². The van der Waals surface area contributed by atoms with E-state index in [4.69, 9.17) is 0 Å². The molecule has 1 aromatic carbocycles. The lowest BCUT2D eigenvalue weighted by atomic mass is 10.3. The Morgan fingerprint density at radius 3 is 2.71 bits per heavy atom. The third-order valence-electron chi connectivity index (χ3n) is 2.74. The summed E-state index contributed by atoms with van der Waals surface area (Å²) in [5.41, 5.74) is 2.04. The van der Waals surface area contributed by atoms with E-state index in [-0.39, 0.29) is 5.69 Å². The number of rotatable bonds is 1. The van der Waals surface area contributed by atoms with Crippen LogP contribution < -0.4 is 5.69 Å². The number of benzene rings is 1. The van der Waals surface area contributed by atoms with Crippen LogP contribution in [0.15, 0.2) is 47.7 Å². The van der Waals surface area contributed by atoms with Crippen molar-refractivity contribution in [2.45, 2.75) is 0 Å². The maximum absolute atomic E-state index is 12.1. The van der Waals surface area contributed by atoms with Crippen LogP contribution in [0.4, 0.5) is 0 Å². The molecule has 0 fully saturated rings. The van der Waals surface area contributed by atoms with Crippen molar-refractivity contribution in [3.8, 4) is 5.69 Å². The van der Waals surface area contributed by atoms with E-state index >= 15 is 0 Å². The monoisotopic (exact) mass is 226 g/mol. The molecular weight excluding hydrogens is 216 g/mol. The molecule has 2 aromatic heterocycles. The average Bonchev–Trinajstić information content (AvgIpc) is 2.64. The first-order valence-electron chi connectivity index (χ1n) is 5.22. The maximum atomic E-state index is 12.1. The number of hydrogen-bond donors (Lipinski definition) is 0. The van der Waals surface area contributed by atoms with Gasteiger partial charge in [-0.2, -0.15) is 0 Å². The summed E-state index contributed by atoms with van der Waals surface area (Å²) in [6.45, 7) is 0. The summed E-state index contributed by atoms with van der Waals surface area (Å²) in [5, 5.41) is 0. The zero-order chi connectivity index (χ0) is 11.8. The molecule has 5 heteroatoms. The van der Waals surface area contributed by atoms with Gasteiger partial charge in [0.15, 0.2) is 5.65 Å². The summed E-state index contributed by atoms with van der Waals surface area (Å²) in [4.78, 5) is 20.3.